The van der Waals surface area contributed by atoms with Gasteiger partial charge in [-0.3, -0.25) is 19.2 Å². The Morgan fingerprint density at radius 2 is 1.84 bits per heavy atom. The van der Waals surface area contributed by atoms with E-state index in [-0.39, 0.29) is 12.3 Å². The van der Waals surface area contributed by atoms with Crippen molar-refractivity contribution in [3.8, 4) is 22.8 Å². The topological polar surface area (TPSA) is 85.7 Å². The molecule has 1 fully saturated rings. The Hall–Kier alpha value is -3.65. The number of rotatable bonds is 7. The number of hydrogen-bond acceptors (Lipinski definition) is 6. The molecule has 1 unspecified atom stereocenters. The minimum absolute atomic E-state index is 0.0173. The normalized spacial score (nSPS) is 16.4. The van der Waals surface area contributed by atoms with Gasteiger partial charge < -0.3 is 14.8 Å². The molecule has 2 aromatic carbocycles. The molecule has 3 aromatic rings. The van der Waals surface area contributed by atoms with Gasteiger partial charge >= 0.3 is 5.97 Å². The summed E-state index contributed by atoms with van der Waals surface area (Å²) in [6.07, 6.45) is 1.97. The molecule has 8 heteroatoms. The van der Waals surface area contributed by atoms with Gasteiger partial charge in [-0.25, -0.2) is 0 Å². The Balaban J connectivity index is 1.53. The number of para-hydroxylation sites is 1. The number of esters is 1. The fourth-order valence-electron chi connectivity index (χ4n) is 3.84. The highest BCUT2D eigenvalue weighted by atomic mass is 16.5. The minimum atomic E-state index is -0.564. The second-order valence-corrected chi connectivity index (χ2v) is 7.67. The fourth-order valence-corrected chi connectivity index (χ4v) is 3.84. The van der Waals surface area contributed by atoms with E-state index >= 15 is 0 Å². The summed E-state index contributed by atoms with van der Waals surface area (Å²) in [6.45, 7) is 1.68. The number of ether oxygens (including phenoxy) is 2. The number of nitrogens with zero attached hydrogens (tertiary/aromatic N) is 3. The molecule has 0 radical (unpaired) electrons. The van der Waals surface area contributed by atoms with Gasteiger partial charge in [0.05, 0.1) is 19.2 Å². The lowest BCUT2D eigenvalue weighted by molar-refractivity contribution is -0.146. The van der Waals surface area contributed by atoms with Crippen molar-refractivity contribution in [3.63, 3.8) is 0 Å². The Labute approximate surface area is 186 Å². The molecule has 1 aliphatic heterocycles. The summed E-state index contributed by atoms with van der Waals surface area (Å²) in [5.41, 5.74) is 2.77. The molecule has 4 rings (SSSR count). The third-order valence-corrected chi connectivity index (χ3v) is 5.41. The van der Waals surface area contributed by atoms with E-state index in [1.165, 1.54) is 7.11 Å². The van der Waals surface area contributed by atoms with Crippen LogP contribution in [0.4, 0.5) is 0 Å². The Morgan fingerprint density at radius 1 is 1.12 bits per heavy atom. The van der Waals surface area contributed by atoms with Crippen molar-refractivity contribution in [2.75, 3.05) is 20.2 Å². The van der Waals surface area contributed by atoms with Crippen LogP contribution in [0.15, 0.2) is 60.8 Å². The second kappa shape index (κ2) is 9.65. The fraction of sp³-hybridized carbons (Fsp3) is 0.292. The van der Waals surface area contributed by atoms with Crippen LogP contribution >= 0.6 is 0 Å². The second-order valence-electron chi connectivity index (χ2n) is 7.67. The molecule has 32 heavy (non-hydrogen) atoms. The monoisotopic (exact) mass is 434 g/mol. The number of aromatic nitrogens is 2. The first-order valence-electron chi connectivity index (χ1n) is 10.5. The van der Waals surface area contributed by atoms with E-state index in [2.05, 4.69) is 10.4 Å². The van der Waals surface area contributed by atoms with E-state index in [0.29, 0.717) is 19.6 Å². The smallest absolute Gasteiger partial charge is 0.307 e. The zero-order valence-electron chi connectivity index (χ0n) is 18.2. The molecule has 1 aromatic heterocycles. The van der Waals surface area contributed by atoms with E-state index in [9.17, 15) is 9.59 Å². The molecule has 1 atom stereocenters. The van der Waals surface area contributed by atoms with E-state index in [1.807, 2.05) is 72.7 Å². The van der Waals surface area contributed by atoms with Gasteiger partial charge in [-0.15, -0.1) is 0 Å². The molecule has 0 spiro atoms. The quantitative estimate of drug-likeness (QED) is 0.576. The molecule has 1 N–H and O–H groups in total. The molecule has 8 nitrogen and oxygen atoms in total. The highest BCUT2D eigenvalue weighted by Gasteiger charge is 2.32. The van der Waals surface area contributed by atoms with Gasteiger partial charge in [0.15, 0.2) is 0 Å². The standard InChI is InChI=1S/C24H26N4O4/c1-27-15-18(16-28-13-12-25-24(30)21(28)14-22(29)31-2)23(26-27)17-8-10-20(11-9-17)32-19-6-4-3-5-7-19/h3-11,15,21H,12-14,16H2,1-2H3,(H,25,30). The van der Waals surface area contributed by atoms with Crippen LogP contribution in [0.25, 0.3) is 11.3 Å². The Morgan fingerprint density at radius 3 is 2.56 bits per heavy atom. The molecule has 1 aliphatic rings. The first kappa shape index (κ1) is 21.6. The summed E-state index contributed by atoms with van der Waals surface area (Å²) in [5, 5.41) is 7.47. The first-order chi connectivity index (χ1) is 15.5. The van der Waals surface area contributed by atoms with Crippen LogP contribution in [0.2, 0.25) is 0 Å². The number of carbonyl (C=O) groups is 2. The molecular formula is C24H26N4O4. The SMILES string of the molecule is COC(=O)CC1C(=O)NCCN1Cc1cn(C)nc1-c1ccc(Oc2ccccc2)cc1. The number of aryl methyl sites for hydroxylation is 1. The third-order valence-electron chi connectivity index (χ3n) is 5.41. The van der Waals surface area contributed by atoms with E-state index in [4.69, 9.17) is 9.47 Å². The van der Waals surface area contributed by atoms with Crippen molar-refractivity contribution in [2.24, 2.45) is 7.05 Å². The van der Waals surface area contributed by atoms with Crippen molar-refractivity contribution in [1.82, 2.24) is 20.0 Å². The van der Waals surface area contributed by atoms with Crippen LogP contribution < -0.4 is 10.1 Å². The van der Waals surface area contributed by atoms with Crippen LogP contribution in [-0.2, 0) is 27.9 Å². The number of piperazine rings is 1. The highest BCUT2D eigenvalue weighted by Crippen LogP contribution is 2.28. The maximum atomic E-state index is 12.4. The van der Waals surface area contributed by atoms with Crippen molar-refractivity contribution in [1.29, 1.82) is 0 Å². The van der Waals surface area contributed by atoms with Crippen molar-refractivity contribution in [2.45, 2.75) is 19.0 Å². The van der Waals surface area contributed by atoms with Crippen molar-refractivity contribution < 1.29 is 19.1 Å². The molecule has 2 heterocycles. The maximum absolute atomic E-state index is 12.4. The summed E-state index contributed by atoms with van der Waals surface area (Å²) < 4.78 is 12.4. The van der Waals surface area contributed by atoms with Crippen LogP contribution in [0.5, 0.6) is 11.5 Å². The number of hydrogen-bond donors (Lipinski definition) is 1. The predicted molar refractivity (Wildman–Crippen MR) is 119 cm³/mol. The number of amides is 1. The summed E-state index contributed by atoms with van der Waals surface area (Å²) in [6, 6.07) is 16.8. The lowest BCUT2D eigenvalue weighted by Gasteiger charge is -2.34. The molecule has 0 aliphatic carbocycles. The predicted octanol–water partition coefficient (Wildman–Crippen LogP) is 2.74. The number of nitrogens with one attached hydrogen (secondary N) is 1. The van der Waals surface area contributed by atoms with Crippen molar-refractivity contribution in [3.05, 3.63) is 66.4 Å². The Kier molecular flexibility index (Phi) is 6.51. The minimum Gasteiger partial charge on any atom is -0.469 e. The van der Waals surface area contributed by atoms with Crippen LogP contribution in [0.3, 0.4) is 0 Å². The number of carbonyl (C=O) groups excluding carboxylic acids is 2. The molecule has 166 valence electrons. The van der Waals surface area contributed by atoms with Crippen molar-refractivity contribution >= 4 is 11.9 Å². The number of methoxy groups -OCH3 is 1. The molecule has 0 bridgehead atoms. The number of benzene rings is 2. The van der Waals surface area contributed by atoms with Gasteiger partial charge in [0, 0.05) is 44.0 Å². The van der Waals surface area contributed by atoms with E-state index in [0.717, 1.165) is 28.3 Å². The average molecular weight is 434 g/mol. The highest BCUT2D eigenvalue weighted by molar-refractivity contribution is 5.87. The molecule has 0 saturated carbocycles. The summed E-state index contributed by atoms with van der Waals surface area (Å²) in [7, 11) is 3.20. The third kappa shape index (κ3) is 4.97. The maximum Gasteiger partial charge on any atom is 0.307 e. The molecular weight excluding hydrogens is 408 g/mol. The van der Waals surface area contributed by atoms with Gasteiger partial charge in [0.2, 0.25) is 5.91 Å². The summed E-state index contributed by atoms with van der Waals surface area (Å²) >= 11 is 0. The average Bonchev–Trinajstić information content (AvgIpc) is 3.17. The van der Waals surface area contributed by atoms with E-state index in [1.54, 1.807) is 4.68 Å². The zero-order chi connectivity index (χ0) is 22.5. The summed E-state index contributed by atoms with van der Waals surface area (Å²) in [4.78, 5) is 26.2. The van der Waals surface area contributed by atoms with Crippen LogP contribution in [-0.4, -0.2) is 52.8 Å². The molecule has 1 saturated heterocycles. The largest absolute Gasteiger partial charge is 0.469 e. The van der Waals surface area contributed by atoms with Gasteiger partial charge in [0.25, 0.3) is 0 Å². The van der Waals surface area contributed by atoms with Crippen LogP contribution in [0, 0.1) is 0 Å². The lowest BCUT2D eigenvalue weighted by atomic mass is 10.0. The van der Waals surface area contributed by atoms with Crippen LogP contribution in [0.1, 0.15) is 12.0 Å². The Bertz CT molecular complexity index is 1080. The molecule has 1 amide bonds. The first-order valence-corrected chi connectivity index (χ1v) is 10.5. The van der Waals surface area contributed by atoms with Gasteiger partial charge in [-0.2, -0.15) is 5.10 Å². The van der Waals surface area contributed by atoms with Gasteiger partial charge in [-0.1, -0.05) is 18.2 Å². The zero-order valence-corrected chi connectivity index (χ0v) is 18.2. The van der Waals surface area contributed by atoms with Gasteiger partial charge in [-0.05, 0) is 36.4 Å². The van der Waals surface area contributed by atoms with Gasteiger partial charge in [0.1, 0.15) is 17.5 Å². The summed E-state index contributed by atoms with van der Waals surface area (Å²) in [5.74, 6) is 0.953. The van der Waals surface area contributed by atoms with E-state index < -0.39 is 12.0 Å². The lowest BCUT2D eigenvalue weighted by Crippen LogP contribution is -2.55.